The summed E-state index contributed by atoms with van der Waals surface area (Å²) in [4.78, 5) is 30.4. The molecule has 1 amide bonds. The van der Waals surface area contributed by atoms with E-state index in [2.05, 4.69) is 82.0 Å². The van der Waals surface area contributed by atoms with E-state index in [0.29, 0.717) is 12.8 Å². The van der Waals surface area contributed by atoms with E-state index in [1.807, 2.05) is 7.05 Å². The van der Waals surface area contributed by atoms with Gasteiger partial charge in [-0.05, 0) is 83.3 Å². The van der Waals surface area contributed by atoms with Gasteiger partial charge in [-0.1, -0.05) is 48.5 Å². The molecule has 2 aliphatic carbocycles. The number of fused-ring (bicyclic) bond motifs is 1. The fourth-order valence-corrected chi connectivity index (χ4v) is 6.12. The van der Waals surface area contributed by atoms with Gasteiger partial charge < -0.3 is 15.5 Å². The fraction of sp³-hybridized carbons (Fsp3) is 0.548. The highest BCUT2D eigenvalue weighted by atomic mass is 17.2. The largest absolute Gasteiger partial charge is 0.357 e. The van der Waals surface area contributed by atoms with Crippen LogP contribution in [0.25, 0.3) is 0 Å². The lowest BCUT2D eigenvalue weighted by Gasteiger charge is -2.36. The number of carbonyl (C=O) groups excluding carboxylic acids is 1. The molecule has 2 aliphatic heterocycles. The molecule has 2 heterocycles. The normalized spacial score (nSPS) is 29.1. The van der Waals surface area contributed by atoms with Gasteiger partial charge >= 0.3 is 0 Å². The average molecular weight is 536 g/mol. The van der Waals surface area contributed by atoms with Gasteiger partial charge in [0.25, 0.3) is 0 Å². The zero-order valence-corrected chi connectivity index (χ0v) is 23.9. The molecule has 212 valence electrons. The second kappa shape index (κ2) is 13.5. The Morgan fingerprint density at radius 3 is 2.79 bits per heavy atom. The summed E-state index contributed by atoms with van der Waals surface area (Å²) in [5.74, 6) is 0.997. The summed E-state index contributed by atoms with van der Waals surface area (Å²) in [7, 11) is 3.60. The van der Waals surface area contributed by atoms with Crippen LogP contribution in [0.4, 0.5) is 0 Å². The van der Waals surface area contributed by atoms with E-state index in [9.17, 15) is 4.79 Å². The molecule has 0 radical (unpaired) electrons. The summed E-state index contributed by atoms with van der Waals surface area (Å²) in [6.07, 6.45) is 22.5. The van der Waals surface area contributed by atoms with Crippen LogP contribution in [0.2, 0.25) is 0 Å². The number of hydrogen-bond acceptors (Lipinski definition) is 7. The molecule has 1 spiro atoms. The first-order chi connectivity index (χ1) is 18.9. The van der Waals surface area contributed by atoms with Crippen molar-refractivity contribution in [2.75, 3.05) is 40.3 Å². The zero-order valence-electron chi connectivity index (χ0n) is 23.9. The van der Waals surface area contributed by atoms with Crippen LogP contribution in [0.15, 0.2) is 75.8 Å². The second-order valence-electron chi connectivity index (χ2n) is 11.0. The quantitative estimate of drug-likeness (QED) is 0.119. The number of likely N-dealkylation sites (N-methyl/N-ethyl adjacent to an activating group) is 1. The minimum atomic E-state index is -0.608. The molecule has 0 aromatic rings. The van der Waals surface area contributed by atoms with Gasteiger partial charge in [0, 0.05) is 25.7 Å². The standard InChI is InChI=1S/C31H45N5O3/c1-24-22-27(32-2)25(12-8-15-30(23-24)26-14-10-21-36(3)28(26)35-29(30)37)13-9-18-33-19-11-20-34-31(39-38-4)16-6-5-7-17-31/h8-10,12-14,22,33-34H,2,5-7,11,15-21,23H2,1,3-4H3,(H,35,37)/b12-8+,13-9+,24-22+,27-25-. The first-order valence-corrected chi connectivity index (χ1v) is 14.3. The molecular formula is C31H45N5O3. The van der Waals surface area contributed by atoms with Gasteiger partial charge in [-0.3, -0.25) is 15.1 Å². The maximum Gasteiger partial charge on any atom is 0.236 e. The van der Waals surface area contributed by atoms with Crippen LogP contribution in [0.3, 0.4) is 0 Å². The van der Waals surface area contributed by atoms with Gasteiger partial charge in [-0.2, -0.15) is 0 Å². The van der Waals surface area contributed by atoms with Crippen molar-refractivity contribution in [1.29, 1.82) is 0 Å². The van der Waals surface area contributed by atoms with Crippen molar-refractivity contribution in [3.8, 4) is 0 Å². The van der Waals surface area contributed by atoms with Crippen LogP contribution in [-0.2, 0) is 14.6 Å². The van der Waals surface area contributed by atoms with E-state index >= 15 is 0 Å². The molecule has 0 aromatic heterocycles. The van der Waals surface area contributed by atoms with E-state index in [-0.39, 0.29) is 11.6 Å². The number of nitrogens with zero attached hydrogens (tertiary/aromatic N) is 2. The summed E-state index contributed by atoms with van der Waals surface area (Å²) in [6, 6.07) is 0. The lowest BCUT2D eigenvalue weighted by atomic mass is 9.73. The SMILES string of the molecule is C=NC1=C(\C=C\CNCCCNC2(OOC)CCCCC2)/C=C/CC2(C\C(C)=C\1)C(=O)NC1=C2C=CCN1C. The van der Waals surface area contributed by atoms with Crippen LogP contribution in [-0.4, -0.2) is 63.6 Å². The Bertz CT molecular complexity index is 1090. The van der Waals surface area contributed by atoms with Crippen molar-refractivity contribution in [1.82, 2.24) is 20.9 Å². The third kappa shape index (κ3) is 6.87. The van der Waals surface area contributed by atoms with Gasteiger partial charge in [0.15, 0.2) is 5.72 Å². The Morgan fingerprint density at radius 2 is 2.03 bits per heavy atom. The van der Waals surface area contributed by atoms with E-state index < -0.39 is 5.41 Å². The minimum Gasteiger partial charge on any atom is -0.357 e. The number of aliphatic imine (C=N–C) groups is 1. The van der Waals surface area contributed by atoms with Gasteiger partial charge in [-0.25, -0.2) is 9.78 Å². The number of hydrogen-bond donors (Lipinski definition) is 3. The summed E-state index contributed by atoms with van der Waals surface area (Å²) < 4.78 is 0. The average Bonchev–Trinajstić information content (AvgIpc) is 3.23. The molecular weight excluding hydrogens is 490 g/mol. The molecule has 8 nitrogen and oxygen atoms in total. The molecule has 1 unspecified atom stereocenters. The predicted molar refractivity (Wildman–Crippen MR) is 157 cm³/mol. The second-order valence-corrected chi connectivity index (χ2v) is 11.0. The minimum absolute atomic E-state index is 0.0669. The van der Waals surface area contributed by atoms with Crippen LogP contribution in [0.1, 0.15) is 58.3 Å². The van der Waals surface area contributed by atoms with E-state index in [1.165, 1.54) is 19.3 Å². The van der Waals surface area contributed by atoms with Crippen molar-refractivity contribution in [3.05, 3.63) is 70.8 Å². The van der Waals surface area contributed by atoms with Gasteiger partial charge in [0.2, 0.25) is 5.91 Å². The number of rotatable bonds is 11. The Labute approximate surface area is 233 Å². The molecule has 0 aromatic carbocycles. The molecule has 4 rings (SSSR count). The Kier molecular flexibility index (Phi) is 10.1. The zero-order chi connectivity index (χ0) is 27.7. The topological polar surface area (TPSA) is 87.2 Å². The Balaban J connectivity index is 1.33. The molecule has 39 heavy (non-hydrogen) atoms. The molecule has 1 fully saturated rings. The number of amides is 1. The highest BCUT2D eigenvalue weighted by Crippen LogP contribution is 2.46. The Hall–Kier alpha value is -2.78. The third-order valence-corrected chi connectivity index (χ3v) is 8.12. The van der Waals surface area contributed by atoms with Gasteiger partial charge in [-0.15, -0.1) is 0 Å². The third-order valence-electron chi connectivity index (χ3n) is 8.12. The lowest BCUT2D eigenvalue weighted by molar-refractivity contribution is -0.360. The molecule has 4 aliphatic rings. The number of nitrogens with one attached hydrogen (secondary N) is 3. The lowest BCUT2D eigenvalue weighted by Crippen LogP contribution is -2.49. The molecule has 3 N–H and O–H groups in total. The predicted octanol–water partition coefficient (Wildman–Crippen LogP) is 4.43. The molecule has 1 atom stereocenters. The summed E-state index contributed by atoms with van der Waals surface area (Å²) in [5.41, 5.74) is 3.06. The van der Waals surface area contributed by atoms with Crippen molar-refractivity contribution in [2.24, 2.45) is 10.4 Å². The van der Waals surface area contributed by atoms with Gasteiger partial charge in [0.1, 0.15) is 5.82 Å². The summed E-state index contributed by atoms with van der Waals surface area (Å²) in [5, 5.41) is 10.2. The van der Waals surface area contributed by atoms with Crippen molar-refractivity contribution >= 4 is 12.6 Å². The first-order valence-electron chi connectivity index (χ1n) is 14.3. The van der Waals surface area contributed by atoms with Gasteiger partial charge in [0.05, 0.1) is 18.2 Å². The van der Waals surface area contributed by atoms with E-state index in [1.54, 1.807) is 7.11 Å². The summed E-state index contributed by atoms with van der Waals surface area (Å²) >= 11 is 0. The van der Waals surface area contributed by atoms with Crippen LogP contribution < -0.4 is 16.0 Å². The highest BCUT2D eigenvalue weighted by molar-refractivity contribution is 5.92. The maximum absolute atomic E-state index is 13.3. The highest BCUT2D eigenvalue weighted by Gasteiger charge is 2.48. The Morgan fingerprint density at radius 1 is 1.21 bits per heavy atom. The van der Waals surface area contributed by atoms with Crippen molar-refractivity contribution < 1.29 is 14.6 Å². The van der Waals surface area contributed by atoms with E-state index in [0.717, 1.165) is 73.7 Å². The van der Waals surface area contributed by atoms with Crippen molar-refractivity contribution in [2.45, 2.75) is 64.0 Å². The van der Waals surface area contributed by atoms with Crippen LogP contribution in [0.5, 0.6) is 0 Å². The summed E-state index contributed by atoms with van der Waals surface area (Å²) in [6.45, 7) is 9.22. The van der Waals surface area contributed by atoms with Crippen LogP contribution >= 0.6 is 0 Å². The molecule has 8 heteroatoms. The van der Waals surface area contributed by atoms with Crippen molar-refractivity contribution in [3.63, 3.8) is 0 Å². The maximum atomic E-state index is 13.3. The molecule has 0 bridgehead atoms. The monoisotopic (exact) mass is 535 g/mol. The molecule has 0 saturated heterocycles. The number of allylic oxidation sites excluding steroid dienone is 7. The van der Waals surface area contributed by atoms with E-state index in [4.69, 9.17) is 9.78 Å². The first kappa shape index (κ1) is 29.2. The fourth-order valence-electron chi connectivity index (χ4n) is 6.12. The smallest absolute Gasteiger partial charge is 0.236 e. The van der Waals surface area contributed by atoms with Crippen LogP contribution in [0, 0.1) is 5.41 Å². The molecule has 1 saturated carbocycles. The number of carbonyl (C=O) groups is 1.